The number of hydrogen-bond acceptors (Lipinski definition) is 4. The van der Waals surface area contributed by atoms with E-state index in [-0.39, 0.29) is 13.1 Å². The second-order valence-electron chi connectivity index (χ2n) is 2.20. The standard InChI is InChI=1S/C6H10F2O4/c1-6(7,8)12-3-5(10)2-11-4-9/h4-5,10H,2-3H2,1H3. The van der Waals surface area contributed by atoms with Gasteiger partial charge in [0.2, 0.25) is 0 Å². The van der Waals surface area contributed by atoms with Crippen molar-refractivity contribution in [3.8, 4) is 0 Å². The average Bonchev–Trinajstić information content (AvgIpc) is 1.95. The minimum absolute atomic E-state index is 0.118. The Labute approximate surface area is 68.1 Å². The molecule has 0 aromatic rings. The highest BCUT2D eigenvalue weighted by Crippen LogP contribution is 2.12. The summed E-state index contributed by atoms with van der Waals surface area (Å²) in [5.74, 6) is 0. The molecule has 1 N–H and O–H groups in total. The van der Waals surface area contributed by atoms with Gasteiger partial charge >= 0.3 is 6.11 Å². The Morgan fingerprint density at radius 3 is 2.58 bits per heavy atom. The fourth-order valence-corrected chi connectivity index (χ4v) is 0.441. The molecule has 0 radical (unpaired) electrons. The van der Waals surface area contributed by atoms with E-state index in [0.29, 0.717) is 6.92 Å². The fourth-order valence-electron chi connectivity index (χ4n) is 0.441. The lowest BCUT2D eigenvalue weighted by Crippen LogP contribution is -2.27. The Morgan fingerprint density at radius 1 is 1.58 bits per heavy atom. The fraction of sp³-hybridized carbons (Fsp3) is 0.833. The van der Waals surface area contributed by atoms with Crippen LogP contribution in [-0.2, 0) is 14.3 Å². The number of aliphatic hydroxyl groups excluding tert-OH is 1. The highest BCUT2D eigenvalue weighted by Gasteiger charge is 2.23. The van der Waals surface area contributed by atoms with Gasteiger partial charge in [0.1, 0.15) is 12.7 Å². The number of halogens is 2. The van der Waals surface area contributed by atoms with E-state index >= 15 is 0 Å². The maximum absolute atomic E-state index is 12.0. The van der Waals surface area contributed by atoms with Gasteiger partial charge < -0.3 is 14.6 Å². The first-order valence-electron chi connectivity index (χ1n) is 3.21. The molecule has 1 unspecified atom stereocenters. The van der Waals surface area contributed by atoms with Crippen LogP contribution in [0.15, 0.2) is 0 Å². The lowest BCUT2D eigenvalue weighted by molar-refractivity contribution is -0.236. The third-order valence-corrected chi connectivity index (χ3v) is 0.886. The summed E-state index contributed by atoms with van der Waals surface area (Å²) in [6.45, 7) is -0.246. The van der Waals surface area contributed by atoms with Crippen LogP contribution in [0.1, 0.15) is 6.92 Å². The molecule has 0 fully saturated rings. The lowest BCUT2D eigenvalue weighted by atomic mass is 10.4. The molecule has 0 spiro atoms. The molecule has 0 aromatic carbocycles. The Morgan fingerprint density at radius 2 is 2.17 bits per heavy atom. The van der Waals surface area contributed by atoms with Crippen molar-refractivity contribution >= 4 is 6.47 Å². The average molecular weight is 184 g/mol. The van der Waals surface area contributed by atoms with E-state index in [1.165, 1.54) is 0 Å². The summed E-state index contributed by atoms with van der Waals surface area (Å²) >= 11 is 0. The van der Waals surface area contributed by atoms with Gasteiger partial charge in [-0.15, -0.1) is 0 Å². The molecule has 0 aromatic heterocycles. The van der Waals surface area contributed by atoms with Crippen LogP contribution < -0.4 is 0 Å². The first-order chi connectivity index (χ1) is 5.45. The number of ether oxygens (including phenoxy) is 2. The molecule has 0 saturated heterocycles. The highest BCUT2D eigenvalue weighted by atomic mass is 19.3. The molecule has 12 heavy (non-hydrogen) atoms. The summed E-state index contributed by atoms with van der Waals surface area (Å²) in [5.41, 5.74) is 0. The predicted molar refractivity (Wildman–Crippen MR) is 34.6 cm³/mol. The van der Waals surface area contributed by atoms with Crippen molar-refractivity contribution in [3.05, 3.63) is 0 Å². The Hall–Kier alpha value is -0.750. The van der Waals surface area contributed by atoms with E-state index in [0.717, 1.165) is 0 Å². The molecule has 0 heterocycles. The van der Waals surface area contributed by atoms with E-state index in [9.17, 15) is 13.6 Å². The van der Waals surface area contributed by atoms with Gasteiger partial charge in [-0.25, -0.2) is 0 Å². The van der Waals surface area contributed by atoms with Gasteiger partial charge in [-0.05, 0) is 0 Å². The molecule has 0 amide bonds. The topological polar surface area (TPSA) is 55.8 Å². The monoisotopic (exact) mass is 184 g/mol. The molecule has 0 rings (SSSR count). The lowest BCUT2D eigenvalue weighted by Gasteiger charge is -2.14. The SMILES string of the molecule is CC(F)(F)OCC(O)COC=O. The zero-order chi connectivity index (χ0) is 9.61. The molecular formula is C6H10F2O4. The van der Waals surface area contributed by atoms with Crippen molar-refractivity contribution in [1.82, 2.24) is 0 Å². The summed E-state index contributed by atoms with van der Waals surface area (Å²) < 4.78 is 31.9. The number of carbonyl (C=O) groups excluding carboxylic acids is 1. The molecule has 0 saturated carbocycles. The van der Waals surface area contributed by atoms with Crippen molar-refractivity contribution in [2.24, 2.45) is 0 Å². The van der Waals surface area contributed by atoms with Crippen molar-refractivity contribution in [1.29, 1.82) is 0 Å². The van der Waals surface area contributed by atoms with Gasteiger partial charge in [0.25, 0.3) is 6.47 Å². The van der Waals surface area contributed by atoms with Gasteiger partial charge in [0, 0.05) is 6.92 Å². The van der Waals surface area contributed by atoms with Crippen molar-refractivity contribution in [3.63, 3.8) is 0 Å². The summed E-state index contributed by atoms with van der Waals surface area (Å²) in [6.07, 6.45) is -4.50. The maximum atomic E-state index is 12.0. The van der Waals surface area contributed by atoms with Crippen molar-refractivity contribution in [2.75, 3.05) is 13.2 Å². The van der Waals surface area contributed by atoms with E-state index in [2.05, 4.69) is 9.47 Å². The minimum Gasteiger partial charge on any atom is -0.465 e. The molecule has 0 aliphatic rings. The largest absolute Gasteiger partial charge is 0.465 e. The highest BCUT2D eigenvalue weighted by molar-refractivity contribution is 5.36. The first kappa shape index (κ1) is 11.2. The van der Waals surface area contributed by atoms with Gasteiger partial charge in [-0.2, -0.15) is 8.78 Å². The van der Waals surface area contributed by atoms with Gasteiger partial charge in [0.05, 0.1) is 6.61 Å². The molecule has 4 nitrogen and oxygen atoms in total. The van der Waals surface area contributed by atoms with Crippen molar-refractivity contribution < 1.29 is 28.2 Å². The van der Waals surface area contributed by atoms with Crippen LogP contribution in [0.4, 0.5) is 8.78 Å². The number of rotatable bonds is 6. The minimum atomic E-state index is -3.28. The van der Waals surface area contributed by atoms with E-state index in [4.69, 9.17) is 5.11 Å². The Balaban J connectivity index is 3.43. The smallest absolute Gasteiger partial charge is 0.353 e. The molecule has 0 aliphatic carbocycles. The predicted octanol–water partition coefficient (Wildman–Crippen LogP) is 0.150. The number of alkyl halides is 2. The quantitative estimate of drug-likeness (QED) is 0.597. The van der Waals surface area contributed by atoms with Gasteiger partial charge in [0.15, 0.2) is 0 Å². The second-order valence-corrected chi connectivity index (χ2v) is 2.20. The van der Waals surface area contributed by atoms with E-state index in [1.807, 2.05) is 0 Å². The molecular weight excluding hydrogens is 174 g/mol. The van der Waals surface area contributed by atoms with Crippen molar-refractivity contribution in [2.45, 2.75) is 19.1 Å². The molecule has 0 aliphatic heterocycles. The van der Waals surface area contributed by atoms with Crippen LogP contribution in [0.2, 0.25) is 0 Å². The van der Waals surface area contributed by atoms with Gasteiger partial charge in [-0.3, -0.25) is 4.79 Å². The maximum Gasteiger partial charge on any atom is 0.353 e. The third kappa shape index (κ3) is 7.36. The number of aliphatic hydroxyl groups is 1. The normalized spacial score (nSPS) is 14.0. The summed E-state index contributed by atoms with van der Waals surface area (Å²) in [5, 5.41) is 8.80. The van der Waals surface area contributed by atoms with Crippen LogP contribution in [0.25, 0.3) is 0 Å². The van der Waals surface area contributed by atoms with Crippen LogP contribution in [0, 0.1) is 0 Å². The Bertz CT molecular complexity index is 134. The molecule has 0 bridgehead atoms. The van der Waals surface area contributed by atoms with E-state index in [1.54, 1.807) is 0 Å². The van der Waals surface area contributed by atoms with Gasteiger partial charge in [-0.1, -0.05) is 0 Å². The second kappa shape index (κ2) is 5.00. The van der Waals surface area contributed by atoms with Crippen LogP contribution in [0.5, 0.6) is 0 Å². The summed E-state index contributed by atoms with van der Waals surface area (Å²) in [7, 11) is 0. The molecule has 6 heteroatoms. The van der Waals surface area contributed by atoms with Crippen LogP contribution in [0.3, 0.4) is 0 Å². The first-order valence-corrected chi connectivity index (χ1v) is 3.21. The Kier molecular flexibility index (Phi) is 4.68. The third-order valence-electron chi connectivity index (χ3n) is 0.886. The zero-order valence-electron chi connectivity index (χ0n) is 6.50. The number of carbonyl (C=O) groups is 1. The van der Waals surface area contributed by atoms with Crippen LogP contribution >= 0.6 is 0 Å². The molecule has 1 atom stereocenters. The molecule has 72 valence electrons. The number of hydrogen-bond donors (Lipinski definition) is 1. The van der Waals surface area contributed by atoms with Crippen LogP contribution in [-0.4, -0.2) is 37.0 Å². The summed E-state index contributed by atoms with van der Waals surface area (Å²) in [4.78, 5) is 9.59. The van der Waals surface area contributed by atoms with E-state index < -0.39 is 18.8 Å². The summed E-state index contributed by atoms with van der Waals surface area (Å²) in [6, 6.07) is 0. The zero-order valence-corrected chi connectivity index (χ0v) is 6.50.